The third-order valence-corrected chi connectivity index (χ3v) is 2.59. The molecule has 0 radical (unpaired) electrons. The molecule has 1 N–H and O–H groups in total. The second-order valence-corrected chi connectivity index (χ2v) is 3.28. The smallest absolute Gasteiger partial charge is 0.184 e. The molecular formula is C8H7ClO2. The largest absolute Gasteiger partial charge is 0.510 e. The zero-order chi connectivity index (χ0) is 8.01. The normalized spacial score (nSPS) is 35.2. The lowest BCUT2D eigenvalue weighted by Crippen LogP contribution is -2.19. The van der Waals surface area contributed by atoms with Crippen LogP contribution in [0.4, 0.5) is 0 Å². The van der Waals surface area contributed by atoms with E-state index >= 15 is 0 Å². The van der Waals surface area contributed by atoms with Crippen LogP contribution in [0.3, 0.4) is 0 Å². The summed E-state index contributed by atoms with van der Waals surface area (Å²) in [5.41, 5.74) is 0. The molecule has 58 valence electrons. The number of aliphatic hydroxyl groups excluding tert-OH is 1. The number of hydrogen-bond donors (Lipinski definition) is 1. The fraction of sp³-hybridized carbons (Fsp3) is 0.375. The molecule has 2 nitrogen and oxygen atoms in total. The predicted molar refractivity (Wildman–Crippen MR) is 41.3 cm³/mol. The van der Waals surface area contributed by atoms with E-state index in [1.165, 1.54) is 0 Å². The summed E-state index contributed by atoms with van der Waals surface area (Å²) in [5.74, 6) is -0.190. The standard InChI is InChI=1S/C8H7ClO2/c9-6-7(10)4-1-2-5(3-4)8(6)11/h1-2,4-5,10H,3H2/t4-,5+/m1/s1. The highest BCUT2D eigenvalue weighted by Gasteiger charge is 2.36. The molecule has 2 rings (SSSR count). The number of carbonyl (C=O) groups excluding carboxylic acids is 1. The molecule has 0 aromatic rings. The molecule has 0 saturated carbocycles. The lowest BCUT2D eigenvalue weighted by atomic mass is 9.91. The second kappa shape index (κ2) is 2.11. The molecule has 0 fully saturated rings. The number of rotatable bonds is 0. The van der Waals surface area contributed by atoms with Crippen LogP contribution in [0.25, 0.3) is 0 Å². The van der Waals surface area contributed by atoms with Gasteiger partial charge in [0, 0.05) is 11.8 Å². The van der Waals surface area contributed by atoms with Crippen molar-refractivity contribution in [2.75, 3.05) is 0 Å². The molecule has 0 spiro atoms. The first-order valence-corrected chi connectivity index (χ1v) is 3.89. The van der Waals surface area contributed by atoms with Crippen molar-refractivity contribution in [1.82, 2.24) is 0 Å². The van der Waals surface area contributed by atoms with Crippen molar-refractivity contribution in [3.05, 3.63) is 22.9 Å². The quantitative estimate of drug-likeness (QED) is 0.563. The molecule has 2 bridgehead atoms. The molecule has 0 aliphatic heterocycles. The Morgan fingerprint density at radius 2 is 2.09 bits per heavy atom. The van der Waals surface area contributed by atoms with Crippen molar-refractivity contribution in [1.29, 1.82) is 0 Å². The third kappa shape index (κ3) is 0.824. The summed E-state index contributed by atoms with van der Waals surface area (Å²) >= 11 is 5.59. The van der Waals surface area contributed by atoms with Crippen molar-refractivity contribution in [3.8, 4) is 0 Å². The zero-order valence-electron chi connectivity index (χ0n) is 5.75. The van der Waals surface area contributed by atoms with Gasteiger partial charge in [0.1, 0.15) is 10.8 Å². The van der Waals surface area contributed by atoms with Gasteiger partial charge < -0.3 is 5.11 Å². The van der Waals surface area contributed by atoms with Gasteiger partial charge >= 0.3 is 0 Å². The van der Waals surface area contributed by atoms with Gasteiger partial charge in [-0.25, -0.2) is 0 Å². The van der Waals surface area contributed by atoms with Gasteiger partial charge in [0.2, 0.25) is 0 Å². The summed E-state index contributed by atoms with van der Waals surface area (Å²) in [6, 6.07) is 0. The molecule has 0 amide bonds. The van der Waals surface area contributed by atoms with Gasteiger partial charge in [0.15, 0.2) is 5.78 Å². The molecule has 11 heavy (non-hydrogen) atoms. The summed E-state index contributed by atoms with van der Waals surface area (Å²) in [4.78, 5) is 11.2. The molecule has 0 heterocycles. The van der Waals surface area contributed by atoms with Crippen LogP contribution in [0.5, 0.6) is 0 Å². The molecule has 3 heteroatoms. The van der Waals surface area contributed by atoms with E-state index in [2.05, 4.69) is 0 Å². The summed E-state index contributed by atoms with van der Waals surface area (Å²) in [5, 5.41) is 9.33. The molecule has 2 atom stereocenters. The van der Waals surface area contributed by atoms with Gasteiger partial charge in [-0.15, -0.1) is 0 Å². The van der Waals surface area contributed by atoms with Gasteiger partial charge in [-0.1, -0.05) is 23.8 Å². The number of Topliss-reactive ketones (excluding diaryl/α,β-unsaturated/α-hetero) is 1. The minimum absolute atomic E-state index is 0.00907. The van der Waals surface area contributed by atoms with Crippen LogP contribution in [0.1, 0.15) is 6.42 Å². The van der Waals surface area contributed by atoms with E-state index in [4.69, 9.17) is 11.6 Å². The van der Waals surface area contributed by atoms with Crippen molar-refractivity contribution in [3.63, 3.8) is 0 Å². The maximum Gasteiger partial charge on any atom is 0.184 e. The van der Waals surface area contributed by atoms with E-state index in [9.17, 15) is 9.90 Å². The van der Waals surface area contributed by atoms with E-state index in [0.717, 1.165) is 0 Å². The van der Waals surface area contributed by atoms with Crippen LogP contribution in [0.15, 0.2) is 22.9 Å². The van der Waals surface area contributed by atoms with Gasteiger partial charge in [0.05, 0.1) is 0 Å². The summed E-state index contributed by atoms with van der Waals surface area (Å²) < 4.78 is 0. The van der Waals surface area contributed by atoms with E-state index in [0.29, 0.717) is 6.42 Å². The van der Waals surface area contributed by atoms with Crippen LogP contribution < -0.4 is 0 Å². The number of carbonyl (C=O) groups is 1. The summed E-state index contributed by atoms with van der Waals surface area (Å²) in [6.45, 7) is 0. The maximum atomic E-state index is 11.2. The van der Waals surface area contributed by atoms with Gasteiger partial charge in [-0.05, 0) is 6.42 Å². The van der Waals surface area contributed by atoms with Gasteiger partial charge in [-0.2, -0.15) is 0 Å². The van der Waals surface area contributed by atoms with E-state index in [-0.39, 0.29) is 28.4 Å². The van der Waals surface area contributed by atoms with Gasteiger partial charge in [0.25, 0.3) is 0 Å². The Morgan fingerprint density at radius 1 is 1.45 bits per heavy atom. The maximum absolute atomic E-state index is 11.2. The topological polar surface area (TPSA) is 37.3 Å². The number of aliphatic hydroxyl groups is 1. The number of fused-ring (bicyclic) bond motifs is 2. The Bertz CT molecular complexity index is 278. The van der Waals surface area contributed by atoms with Crippen molar-refractivity contribution < 1.29 is 9.90 Å². The van der Waals surface area contributed by atoms with E-state index < -0.39 is 0 Å². The fourth-order valence-electron chi connectivity index (χ4n) is 1.55. The highest BCUT2D eigenvalue weighted by atomic mass is 35.5. The minimum Gasteiger partial charge on any atom is -0.510 e. The third-order valence-electron chi connectivity index (χ3n) is 2.21. The fourth-order valence-corrected chi connectivity index (χ4v) is 1.83. The first-order valence-electron chi connectivity index (χ1n) is 3.51. The zero-order valence-corrected chi connectivity index (χ0v) is 6.51. The molecule has 2 aliphatic rings. The number of halogens is 1. The number of ketones is 1. The monoisotopic (exact) mass is 170 g/mol. The predicted octanol–water partition coefficient (Wildman–Crippen LogP) is 1.77. The van der Waals surface area contributed by atoms with Crippen molar-refractivity contribution >= 4 is 17.4 Å². The van der Waals surface area contributed by atoms with Crippen LogP contribution in [0, 0.1) is 11.8 Å². The van der Waals surface area contributed by atoms with E-state index in [1.54, 1.807) is 0 Å². The highest BCUT2D eigenvalue weighted by molar-refractivity contribution is 6.43. The first kappa shape index (κ1) is 6.92. The van der Waals surface area contributed by atoms with Crippen molar-refractivity contribution in [2.45, 2.75) is 6.42 Å². The van der Waals surface area contributed by atoms with Crippen LogP contribution in [-0.4, -0.2) is 10.9 Å². The average Bonchev–Trinajstić information content (AvgIpc) is 2.44. The van der Waals surface area contributed by atoms with Crippen LogP contribution >= 0.6 is 11.6 Å². The minimum atomic E-state index is -0.144. The lowest BCUT2D eigenvalue weighted by Gasteiger charge is -2.17. The molecule has 2 aliphatic carbocycles. The SMILES string of the molecule is O=C1C(Cl)=C(O)[C@@H]2C=C[C@H]1C2. The lowest BCUT2D eigenvalue weighted by molar-refractivity contribution is -0.118. The Labute approximate surface area is 69.2 Å². The number of hydrogen-bond acceptors (Lipinski definition) is 2. The Balaban J connectivity index is 2.49. The molecule has 0 unspecified atom stereocenters. The Hall–Kier alpha value is -0.760. The summed E-state index contributed by atoms with van der Waals surface area (Å²) in [7, 11) is 0. The second-order valence-electron chi connectivity index (χ2n) is 2.90. The average molecular weight is 171 g/mol. The van der Waals surface area contributed by atoms with Crippen molar-refractivity contribution in [2.24, 2.45) is 11.8 Å². The molecular weight excluding hydrogens is 164 g/mol. The Kier molecular flexibility index (Phi) is 1.33. The summed E-state index contributed by atoms with van der Waals surface area (Å²) in [6.07, 6.45) is 4.35. The number of allylic oxidation sites excluding steroid dienone is 3. The van der Waals surface area contributed by atoms with E-state index in [1.807, 2.05) is 12.2 Å². The molecule has 0 saturated heterocycles. The van der Waals surface area contributed by atoms with Crippen LogP contribution in [-0.2, 0) is 4.79 Å². The van der Waals surface area contributed by atoms with Gasteiger partial charge in [-0.3, -0.25) is 4.79 Å². The molecule has 0 aromatic carbocycles. The molecule has 0 aromatic heterocycles. The van der Waals surface area contributed by atoms with Crippen LogP contribution in [0.2, 0.25) is 0 Å². The Morgan fingerprint density at radius 3 is 2.82 bits per heavy atom. The highest BCUT2D eigenvalue weighted by Crippen LogP contribution is 2.38. The first-order chi connectivity index (χ1) is 5.20.